The van der Waals surface area contributed by atoms with E-state index in [4.69, 9.17) is 26.8 Å². The molecule has 0 fully saturated rings. The normalized spacial score (nSPS) is 14.3. The molecule has 0 spiro atoms. The standard InChI is InChI=1S/C26H24ClN3O5/c1-3-19-11-18-6-4-5-7-23(18)29(19)26(31)21-12-24(34-2)25(13-22(21)28)35-15-17-8-16(14-27)9-20(10-17)30(32)33/h3-10,12-13,19H,1,11,14-15,28H2,2H3/t19-/m1/s1. The Bertz CT molecular complexity index is 1310. The van der Waals surface area contributed by atoms with Crippen molar-refractivity contribution in [3.05, 3.63) is 99.6 Å². The first-order chi connectivity index (χ1) is 16.9. The first-order valence-corrected chi connectivity index (χ1v) is 11.4. The molecule has 0 saturated carbocycles. The van der Waals surface area contributed by atoms with Crippen molar-refractivity contribution in [2.45, 2.75) is 24.9 Å². The SMILES string of the molecule is C=C[C@@H]1Cc2ccccc2N1C(=O)c1cc(OC)c(OCc2cc(CCl)cc([N+](=O)[O-])c2)cc1N. The molecule has 2 N–H and O–H groups in total. The quantitative estimate of drug-likeness (QED) is 0.151. The van der Waals surface area contributed by atoms with Crippen LogP contribution in [0, 0.1) is 10.1 Å². The molecule has 35 heavy (non-hydrogen) atoms. The molecule has 1 heterocycles. The number of nitrogens with two attached hydrogens (primary N) is 1. The number of hydrogen-bond acceptors (Lipinski definition) is 6. The van der Waals surface area contributed by atoms with Crippen molar-refractivity contribution in [3.8, 4) is 11.5 Å². The van der Waals surface area contributed by atoms with E-state index in [1.807, 2.05) is 24.3 Å². The number of benzene rings is 3. The van der Waals surface area contributed by atoms with Crippen molar-refractivity contribution in [1.29, 1.82) is 0 Å². The van der Waals surface area contributed by atoms with Crippen LogP contribution in [-0.2, 0) is 18.9 Å². The molecule has 4 rings (SSSR count). The summed E-state index contributed by atoms with van der Waals surface area (Å²) in [6, 6.07) is 15.2. The summed E-state index contributed by atoms with van der Waals surface area (Å²) in [6.45, 7) is 3.91. The Hall–Kier alpha value is -4.04. The summed E-state index contributed by atoms with van der Waals surface area (Å²) >= 11 is 5.87. The molecule has 1 aliphatic rings. The first kappa shape index (κ1) is 24.1. The number of amides is 1. The molecule has 0 bridgehead atoms. The summed E-state index contributed by atoms with van der Waals surface area (Å²) in [5.41, 5.74) is 9.76. The number of ether oxygens (including phenoxy) is 2. The van der Waals surface area contributed by atoms with Crippen LogP contribution in [0.25, 0.3) is 0 Å². The predicted molar refractivity (Wildman–Crippen MR) is 135 cm³/mol. The molecule has 0 aliphatic carbocycles. The van der Waals surface area contributed by atoms with E-state index in [0.29, 0.717) is 29.0 Å². The number of non-ortho nitro benzene ring substituents is 1. The summed E-state index contributed by atoms with van der Waals surface area (Å²) < 4.78 is 11.3. The molecule has 0 saturated heterocycles. The largest absolute Gasteiger partial charge is 0.493 e. The second-order valence-corrected chi connectivity index (χ2v) is 8.36. The molecule has 180 valence electrons. The van der Waals surface area contributed by atoms with Gasteiger partial charge in [0, 0.05) is 35.5 Å². The van der Waals surface area contributed by atoms with Crippen molar-refractivity contribution in [2.75, 3.05) is 17.7 Å². The third-order valence-corrected chi connectivity index (χ3v) is 6.17. The van der Waals surface area contributed by atoms with Gasteiger partial charge in [0.25, 0.3) is 11.6 Å². The molecular weight excluding hydrogens is 470 g/mol. The zero-order chi connectivity index (χ0) is 25.1. The van der Waals surface area contributed by atoms with Crippen molar-refractivity contribution in [1.82, 2.24) is 0 Å². The van der Waals surface area contributed by atoms with Crippen molar-refractivity contribution in [3.63, 3.8) is 0 Å². The van der Waals surface area contributed by atoms with Gasteiger partial charge in [0.1, 0.15) is 6.61 Å². The second kappa shape index (κ2) is 10.1. The highest BCUT2D eigenvalue weighted by molar-refractivity contribution is 6.17. The van der Waals surface area contributed by atoms with E-state index in [-0.39, 0.29) is 41.4 Å². The number of para-hydroxylation sites is 1. The van der Waals surface area contributed by atoms with E-state index < -0.39 is 4.92 Å². The minimum Gasteiger partial charge on any atom is -0.493 e. The fourth-order valence-corrected chi connectivity index (χ4v) is 4.35. The lowest BCUT2D eigenvalue weighted by molar-refractivity contribution is -0.385. The smallest absolute Gasteiger partial charge is 0.270 e. The Balaban J connectivity index is 1.62. The van der Waals surface area contributed by atoms with Crippen LogP contribution in [0.4, 0.5) is 17.1 Å². The van der Waals surface area contributed by atoms with Crippen LogP contribution in [0.1, 0.15) is 27.0 Å². The number of methoxy groups -OCH3 is 1. The number of nitro benzene ring substituents is 1. The van der Waals surface area contributed by atoms with E-state index >= 15 is 0 Å². The van der Waals surface area contributed by atoms with Crippen LogP contribution in [0.2, 0.25) is 0 Å². The maximum Gasteiger partial charge on any atom is 0.270 e. The van der Waals surface area contributed by atoms with E-state index in [1.165, 1.54) is 25.3 Å². The average molecular weight is 494 g/mol. The van der Waals surface area contributed by atoms with Gasteiger partial charge >= 0.3 is 0 Å². The number of rotatable bonds is 8. The lowest BCUT2D eigenvalue weighted by Crippen LogP contribution is -2.36. The van der Waals surface area contributed by atoms with Crippen LogP contribution in [-0.4, -0.2) is 24.0 Å². The van der Waals surface area contributed by atoms with Crippen molar-refractivity contribution < 1.29 is 19.2 Å². The molecular formula is C26H24ClN3O5. The van der Waals surface area contributed by atoms with Gasteiger partial charge in [-0.05, 0) is 35.2 Å². The zero-order valence-corrected chi connectivity index (χ0v) is 19.8. The first-order valence-electron chi connectivity index (χ1n) is 10.8. The van der Waals surface area contributed by atoms with E-state index in [1.54, 1.807) is 23.1 Å². The molecule has 1 amide bonds. The minimum absolute atomic E-state index is 0.0205. The molecule has 0 radical (unpaired) electrons. The van der Waals surface area contributed by atoms with Gasteiger partial charge in [0.05, 0.1) is 23.6 Å². The second-order valence-electron chi connectivity index (χ2n) is 8.09. The van der Waals surface area contributed by atoms with E-state index in [2.05, 4.69) is 6.58 Å². The van der Waals surface area contributed by atoms with Gasteiger partial charge in [-0.3, -0.25) is 14.9 Å². The number of alkyl halides is 1. The van der Waals surface area contributed by atoms with Gasteiger partial charge in [-0.15, -0.1) is 18.2 Å². The number of nitrogen functional groups attached to an aromatic ring is 1. The Kier molecular flexibility index (Phi) is 6.93. The third-order valence-electron chi connectivity index (χ3n) is 5.87. The number of nitrogens with zero attached hydrogens (tertiary/aromatic N) is 2. The van der Waals surface area contributed by atoms with E-state index in [0.717, 1.165) is 11.3 Å². The number of anilines is 2. The Morgan fingerprint density at radius 3 is 2.66 bits per heavy atom. The number of nitro groups is 1. The summed E-state index contributed by atoms with van der Waals surface area (Å²) in [5, 5.41) is 11.2. The molecule has 0 unspecified atom stereocenters. The highest BCUT2D eigenvalue weighted by Gasteiger charge is 2.33. The third kappa shape index (κ3) is 4.79. The van der Waals surface area contributed by atoms with Crippen LogP contribution >= 0.6 is 11.6 Å². The Morgan fingerprint density at radius 2 is 1.97 bits per heavy atom. The fraction of sp³-hybridized carbons (Fsp3) is 0.192. The molecule has 3 aromatic carbocycles. The summed E-state index contributed by atoms with van der Waals surface area (Å²) in [6.07, 6.45) is 2.42. The van der Waals surface area contributed by atoms with Gasteiger partial charge < -0.3 is 20.1 Å². The summed E-state index contributed by atoms with van der Waals surface area (Å²) in [5.74, 6) is 0.482. The minimum atomic E-state index is -0.481. The highest BCUT2D eigenvalue weighted by atomic mass is 35.5. The van der Waals surface area contributed by atoms with Crippen molar-refractivity contribution in [2.24, 2.45) is 0 Å². The van der Waals surface area contributed by atoms with Crippen molar-refractivity contribution >= 4 is 34.6 Å². The number of fused-ring (bicyclic) bond motifs is 1. The van der Waals surface area contributed by atoms with Gasteiger partial charge in [-0.1, -0.05) is 30.3 Å². The molecule has 1 atom stereocenters. The van der Waals surface area contributed by atoms with Crippen LogP contribution in [0.5, 0.6) is 11.5 Å². The van der Waals surface area contributed by atoms with Gasteiger partial charge in [-0.2, -0.15) is 0 Å². The molecule has 9 heteroatoms. The molecule has 1 aliphatic heterocycles. The highest BCUT2D eigenvalue weighted by Crippen LogP contribution is 2.38. The topological polar surface area (TPSA) is 108 Å². The fourth-order valence-electron chi connectivity index (χ4n) is 4.20. The number of hydrogen-bond donors (Lipinski definition) is 1. The van der Waals surface area contributed by atoms with Crippen LogP contribution < -0.4 is 20.1 Å². The lowest BCUT2D eigenvalue weighted by Gasteiger charge is -2.24. The summed E-state index contributed by atoms with van der Waals surface area (Å²) in [4.78, 5) is 26.0. The Labute approximate surface area is 207 Å². The van der Waals surface area contributed by atoms with Crippen LogP contribution in [0.3, 0.4) is 0 Å². The van der Waals surface area contributed by atoms with Crippen LogP contribution in [0.15, 0.2) is 67.3 Å². The van der Waals surface area contributed by atoms with Gasteiger partial charge in [0.2, 0.25) is 0 Å². The van der Waals surface area contributed by atoms with Gasteiger partial charge in [0.15, 0.2) is 11.5 Å². The maximum atomic E-state index is 13.6. The average Bonchev–Trinajstić information content (AvgIpc) is 3.25. The summed E-state index contributed by atoms with van der Waals surface area (Å²) in [7, 11) is 1.46. The number of halogens is 1. The van der Waals surface area contributed by atoms with Gasteiger partial charge in [-0.25, -0.2) is 0 Å². The number of carbonyl (C=O) groups excluding carboxylic acids is 1. The molecule has 8 nitrogen and oxygen atoms in total. The molecule has 3 aromatic rings. The zero-order valence-electron chi connectivity index (χ0n) is 19.1. The van der Waals surface area contributed by atoms with E-state index in [9.17, 15) is 14.9 Å². The predicted octanol–water partition coefficient (Wildman–Crippen LogP) is 5.26. The number of carbonyl (C=O) groups is 1. The lowest BCUT2D eigenvalue weighted by atomic mass is 10.1. The maximum absolute atomic E-state index is 13.6. The monoisotopic (exact) mass is 493 g/mol. The Morgan fingerprint density at radius 1 is 1.23 bits per heavy atom. The molecule has 0 aromatic heterocycles.